The SMILES string of the molecule is NC1CN=C2CCCN2C1. The van der Waals surface area contributed by atoms with Gasteiger partial charge in [0.1, 0.15) is 0 Å². The highest BCUT2D eigenvalue weighted by Crippen LogP contribution is 2.14. The quantitative estimate of drug-likeness (QED) is 0.506. The number of aliphatic imine (C=N–C) groups is 1. The lowest BCUT2D eigenvalue weighted by atomic mass is 10.2. The number of rotatable bonds is 0. The molecule has 0 bridgehead atoms. The Kier molecular flexibility index (Phi) is 1.38. The summed E-state index contributed by atoms with van der Waals surface area (Å²) in [6.07, 6.45) is 2.44. The van der Waals surface area contributed by atoms with Gasteiger partial charge in [-0.2, -0.15) is 0 Å². The van der Waals surface area contributed by atoms with Crippen molar-refractivity contribution in [2.75, 3.05) is 19.6 Å². The maximum absolute atomic E-state index is 5.74. The summed E-state index contributed by atoms with van der Waals surface area (Å²) in [5.41, 5.74) is 5.74. The molecule has 2 rings (SSSR count). The van der Waals surface area contributed by atoms with Crippen LogP contribution < -0.4 is 5.73 Å². The topological polar surface area (TPSA) is 41.6 Å². The highest BCUT2D eigenvalue weighted by Gasteiger charge is 2.23. The first-order chi connectivity index (χ1) is 4.86. The fourth-order valence-electron chi connectivity index (χ4n) is 1.65. The van der Waals surface area contributed by atoms with Crippen LogP contribution in [-0.4, -0.2) is 36.4 Å². The Balaban J connectivity index is 2.12. The second-order valence-corrected chi connectivity index (χ2v) is 3.07. The van der Waals surface area contributed by atoms with Gasteiger partial charge in [-0.15, -0.1) is 0 Å². The maximum atomic E-state index is 5.74. The zero-order chi connectivity index (χ0) is 6.97. The lowest BCUT2D eigenvalue weighted by Gasteiger charge is -2.26. The fraction of sp³-hybridized carbons (Fsp3) is 0.857. The second-order valence-electron chi connectivity index (χ2n) is 3.07. The summed E-state index contributed by atoms with van der Waals surface area (Å²) in [4.78, 5) is 6.70. The van der Waals surface area contributed by atoms with E-state index in [1.807, 2.05) is 0 Å². The lowest BCUT2D eigenvalue weighted by molar-refractivity contribution is 0.394. The highest BCUT2D eigenvalue weighted by atomic mass is 15.2. The Labute approximate surface area is 60.9 Å². The minimum Gasteiger partial charge on any atom is -0.359 e. The minimum atomic E-state index is 0.279. The van der Waals surface area contributed by atoms with E-state index in [0.717, 1.165) is 13.1 Å². The Hall–Kier alpha value is -0.570. The van der Waals surface area contributed by atoms with Crippen LogP contribution in [0.25, 0.3) is 0 Å². The van der Waals surface area contributed by atoms with Gasteiger partial charge in [-0.05, 0) is 6.42 Å². The van der Waals surface area contributed by atoms with Crippen molar-refractivity contribution in [1.82, 2.24) is 4.90 Å². The first-order valence-corrected chi connectivity index (χ1v) is 3.90. The van der Waals surface area contributed by atoms with Crippen molar-refractivity contribution in [2.24, 2.45) is 10.7 Å². The summed E-state index contributed by atoms with van der Waals surface area (Å²) >= 11 is 0. The van der Waals surface area contributed by atoms with E-state index in [-0.39, 0.29) is 6.04 Å². The molecule has 0 amide bonds. The predicted octanol–water partition coefficient (Wildman–Crippen LogP) is -0.178. The Bertz CT molecular complexity index is 164. The van der Waals surface area contributed by atoms with E-state index in [0.29, 0.717) is 0 Å². The van der Waals surface area contributed by atoms with Crippen molar-refractivity contribution in [3.63, 3.8) is 0 Å². The standard InChI is InChI=1S/C7H13N3/c8-6-4-9-7-2-1-3-10(7)5-6/h6H,1-5,8H2. The Morgan fingerprint density at radius 2 is 2.50 bits per heavy atom. The van der Waals surface area contributed by atoms with Gasteiger partial charge in [-0.3, -0.25) is 4.99 Å². The molecule has 0 aromatic rings. The third-order valence-corrected chi connectivity index (χ3v) is 2.16. The number of fused-ring (bicyclic) bond motifs is 1. The Morgan fingerprint density at radius 3 is 3.40 bits per heavy atom. The van der Waals surface area contributed by atoms with E-state index in [4.69, 9.17) is 5.73 Å². The number of nitrogens with two attached hydrogens (primary N) is 1. The number of hydrogen-bond acceptors (Lipinski definition) is 3. The van der Waals surface area contributed by atoms with Gasteiger partial charge >= 0.3 is 0 Å². The number of amidine groups is 1. The molecule has 3 nitrogen and oxygen atoms in total. The van der Waals surface area contributed by atoms with Crippen molar-refractivity contribution in [2.45, 2.75) is 18.9 Å². The minimum absolute atomic E-state index is 0.279. The smallest absolute Gasteiger partial charge is 0.0990 e. The van der Waals surface area contributed by atoms with Crippen LogP contribution in [0.5, 0.6) is 0 Å². The second kappa shape index (κ2) is 2.23. The van der Waals surface area contributed by atoms with E-state index in [9.17, 15) is 0 Å². The van der Waals surface area contributed by atoms with Gasteiger partial charge in [0.25, 0.3) is 0 Å². The van der Waals surface area contributed by atoms with Gasteiger partial charge in [-0.25, -0.2) is 0 Å². The van der Waals surface area contributed by atoms with Crippen LogP contribution in [0.1, 0.15) is 12.8 Å². The lowest BCUT2D eigenvalue weighted by Crippen LogP contribution is -2.44. The molecule has 3 heteroatoms. The van der Waals surface area contributed by atoms with Crippen LogP contribution >= 0.6 is 0 Å². The molecule has 0 aromatic carbocycles. The first kappa shape index (κ1) is 6.16. The molecule has 0 aliphatic carbocycles. The fourth-order valence-corrected chi connectivity index (χ4v) is 1.65. The van der Waals surface area contributed by atoms with Gasteiger partial charge in [0.2, 0.25) is 0 Å². The first-order valence-electron chi connectivity index (χ1n) is 3.90. The van der Waals surface area contributed by atoms with Crippen molar-refractivity contribution in [1.29, 1.82) is 0 Å². The highest BCUT2D eigenvalue weighted by molar-refractivity contribution is 5.84. The molecule has 56 valence electrons. The zero-order valence-corrected chi connectivity index (χ0v) is 6.08. The largest absolute Gasteiger partial charge is 0.359 e. The van der Waals surface area contributed by atoms with Gasteiger partial charge in [0.15, 0.2) is 0 Å². The van der Waals surface area contributed by atoms with Gasteiger partial charge < -0.3 is 10.6 Å². The van der Waals surface area contributed by atoms with Gasteiger partial charge in [0, 0.05) is 25.6 Å². The van der Waals surface area contributed by atoms with Crippen LogP contribution in [0.15, 0.2) is 4.99 Å². The number of nitrogens with zero attached hydrogens (tertiary/aromatic N) is 2. The summed E-state index contributed by atoms with van der Waals surface area (Å²) in [6, 6.07) is 0.279. The van der Waals surface area contributed by atoms with E-state index in [1.165, 1.54) is 25.2 Å². The van der Waals surface area contributed by atoms with Crippen LogP contribution in [0.2, 0.25) is 0 Å². The van der Waals surface area contributed by atoms with Crippen molar-refractivity contribution >= 4 is 5.84 Å². The van der Waals surface area contributed by atoms with E-state index >= 15 is 0 Å². The molecule has 0 saturated carbocycles. The van der Waals surface area contributed by atoms with E-state index < -0.39 is 0 Å². The molecular formula is C7H13N3. The molecule has 0 radical (unpaired) electrons. The third-order valence-electron chi connectivity index (χ3n) is 2.16. The van der Waals surface area contributed by atoms with E-state index in [1.54, 1.807) is 0 Å². The van der Waals surface area contributed by atoms with Crippen LogP contribution in [0, 0.1) is 0 Å². The maximum Gasteiger partial charge on any atom is 0.0990 e. The molecule has 1 unspecified atom stereocenters. The van der Waals surface area contributed by atoms with Gasteiger partial charge in [-0.1, -0.05) is 0 Å². The Morgan fingerprint density at radius 1 is 1.60 bits per heavy atom. The molecule has 2 N–H and O–H groups in total. The van der Waals surface area contributed by atoms with Crippen LogP contribution in [0.4, 0.5) is 0 Å². The molecular weight excluding hydrogens is 126 g/mol. The summed E-state index contributed by atoms with van der Waals surface area (Å²) in [5, 5.41) is 0. The van der Waals surface area contributed by atoms with Crippen molar-refractivity contribution < 1.29 is 0 Å². The van der Waals surface area contributed by atoms with Crippen molar-refractivity contribution in [3.05, 3.63) is 0 Å². The molecule has 10 heavy (non-hydrogen) atoms. The summed E-state index contributed by atoms with van der Waals surface area (Å²) in [5.74, 6) is 1.29. The molecule has 1 fully saturated rings. The van der Waals surface area contributed by atoms with Crippen molar-refractivity contribution in [3.8, 4) is 0 Å². The normalized spacial score (nSPS) is 31.9. The summed E-state index contributed by atoms with van der Waals surface area (Å²) < 4.78 is 0. The van der Waals surface area contributed by atoms with Crippen LogP contribution in [-0.2, 0) is 0 Å². The van der Waals surface area contributed by atoms with Crippen LogP contribution in [0.3, 0.4) is 0 Å². The molecule has 2 aliphatic rings. The van der Waals surface area contributed by atoms with Gasteiger partial charge in [0.05, 0.1) is 12.4 Å². The van der Waals surface area contributed by atoms with E-state index in [2.05, 4.69) is 9.89 Å². The summed E-state index contributed by atoms with van der Waals surface area (Å²) in [7, 11) is 0. The zero-order valence-electron chi connectivity index (χ0n) is 6.08. The molecule has 1 atom stereocenters. The molecule has 2 aliphatic heterocycles. The third kappa shape index (κ3) is 0.904. The monoisotopic (exact) mass is 139 g/mol. The average molecular weight is 139 g/mol. The molecule has 0 aromatic heterocycles. The number of hydrogen-bond donors (Lipinski definition) is 1. The molecule has 2 heterocycles. The molecule has 0 spiro atoms. The summed E-state index contributed by atoms with van der Waals surface area (Å²) in [6.45, 7) is 3.04. The average Bonchev–Trinajstić information content (AvgIpc) is 2.33. The molecule has 1 saturated heterocycles. The predicted molar refractivity (Wildman–Crippen MR) is 41.1 cm³/mol.